The first-order valence-electron chi connectivity index (χ1n) is 9.82. The maximum Gasteiger partial charge on any atom is 0.244 e. The van der Waals surface area contributed by atoms with Crippen molar-refractivity contribution in [2.75, 3.05) is 17.7 Å². The molecule has 2 rings (SSSR count). The zero-order valence-corrected chi connectivity index (χ0v) is 18.8. The highest BCUT2D eigenvalue weighted by Crippen LogP contribution is 2.27. The van der Waals surface area contributed by atoms with E-state index in [1.807, 2.05) is 32.0 Å². The molecular formula is C22H29FN2O4S. The largest absolute Gasteiger partial charge is 0.496 e. The summed E-state index contributed by atoms with van der Waals surface area (Å²) in [6.07, 6.45) is 1.76. The Morgan fingerprint density at radius 3 is 2.33 bits per heavy atom. The Labute approximate surface area is 178 Å². The van der Waals surface area contributed by atoms with Crippen LogP contribution in [0.1, 0.15) is 43.9 Å². The van der Waals surface area contributed by atoms with Gasteiger partial charge in [0.2, 0.25) is 15.9 Å². The molecule has 0 unspecified atom stereocenters. The molecule has 0 aliphatic heterocycles. The van der Waals surface area contributed by atoms with Crippen molar-refractivity contribution in [1.29, 1.82) is 0 Å². The van der Waals surface area contributed by atoms with Crippen molar-refractivity contribution in [1.82, 2.24) is 5.32 Å². The number of benzene rings is 2. The van der Waals surface area contributed by atoms with E-state index in [2.05, 4.69) is 5.32 Å². The van der Waals surface area contributed by atoms with Gasteiger partial charge in [0.1, 0.15) is 17.6 Å². The summed E-state index contributed by atoms with van der Waals surface area (Å²) in [6, 6.07) is 9.77. The minimum Gasteiger partial charge on any atom is -0.496 e. The first kappa shape index (κ1) is 23.7. The predicted molar refractivity (Wildman–Crippen MR) is 117 cm³/mol. The van der Waals surface area contributed by atoms with E-state index in [1.165, 1.54) is 24.3 Å². The number of hydrogen-bond donors (Lipinski definition) is 1. The van der Waals surface area contributed by atoms with Crippen molar-refractivity contribution >= 4 is 21.6 Å². The SMILES string of the molecule is CC[C@@H](NC(=O)[C@H](CC)N(c1ccccc1F)S(C)(=O)=O)c1ccc(OC)c(C)c1. The van der Waals surface area contributed by atoms with Gasteiger partial charge in [-0.05, 0) is 49.1 Å². The molecule has 0 fully saturated rings. The molecule has 0 radical (unpaired) electrons. The smallest absolute Gasteiger partial charge is 0.244 e. The Bertz CT molecular complexity index is 994. The molecule has 0 saturated heterocycles. The van der Waals surface area contributed by atoms with Crippen molar-refractivity contribution in [3.63, 3.8) is 0 Å². The number of hydrogen-bond acceptors (Lipinski definition) is 4. The number of halogens is 1. The molecule has 164 valence electrons. The number of anilines is 1. The summed E-state index contributed by atoms with van der Waals surface area (Å²) in [5.74, 6) is -0.437. The highest BCUT2D eigenvalue weighted by atomic mass is 32.2. The highest BCUT2D eigenvalue weighted by Gasteiger charge is 2.34. The van der Waals surface area contributed by atoms with Gasteiger partial charge in [-0.1, -0.05) is 38.1 Å². The molecule has 6 nitrogen and oxygen atoms in total. The van der Waals surface area contributed by atoms with Gasteiger partial charge >= 0.3 is 0 Å². The van der Waals surface area contributed by atoms with Crippen LogP contribution >= 0.6 is 0 Å². The standard InChI is InChI=1S/C22H29FN2O4S/c1-6-18(16-12-13-21(29-4)15(3)14-16)24-22(26)19(7-2)25(30(5,27)28)20-11-9-8-10-17(20)23/h8-14,18-19H,6-7H2,1-5H3,(H,24,26)/t18-,19+/m1/s1. The van der Waals surface area contributed by atoms with Crippen LogP contribution in [0, 0.1) is 12.7 Å². The fourth-order valence-corrected chi connectivity index (χ4v) is 4.69. The van der Waals surface area contributed by atoms with Crippen LogP contribution in [0.3, 0.4) is 0 Å². The van der Waals surface area contributed by atoms with E-state index in [0.29, 0.717) is 6.42 Å². The molecule has 1 amide bonds. The number of para-hydroxylation sites is 1. The molecule has 0 aliphatic carbocycles. The van der Waals surface area contributed by atoms with Gasteiger partial charge in [0.15, 0.2) is 0 Å². The monoisotopic (exact) mass is 436 g/mol. The number of carbonyl (C=O) groups is 1. The van der Waals surface area contributed by atoms with Crippen molar-refractivity contribution in [2.45, 2.75) is 45.7 Å². The molecule has 2 atom stereocenters. The van der Waals surface area contributed by atoms with Crippen LogP contribution < -0.4 is 14.4 Å². The maximum absolute atomic E-state index is 14.4. The number of rotatable bonds is 9. The number of amides is 1. The fraction of sp³-hybridized carbons (Fsp3) is 0.409. The molecule has 2 aromatic carbocycles. The second-order valence-electron chi connectivity index (χ2n) is 7.13. The summed E-state index contributed by atoms with van der Waals surface area (Å²) in [5, 5.41) is 2.93. The van der Waals surface area contributed by atoms with Crippen LogP contribution in [-0.2, 0) is 14.8 Å². The quantitative estimate of drug-likeness (QED) is 0.646. The topological polar surface area (TPSA) is 75.7 Å². The Morgan fingerprint density at radius 1 is 1.17 bits per heavy atom. The third kappa shape index (κ3) is 5.30. The number of nitrogens with zero attached hydrogens (tertiary/aromatic N) is 1. The van der Waals surface area contributed by atoms with Crippen LogP contribution in [0.15, 0.2) is 42.5 Å². The lowest BCUT2D eigenvalue weighted by Crippen LogP contribution is -2.50. The van der Waals surface area contributed by atoms with Crippen molar-refractivity contribution in [3.8, 4) is 5.75 Å². The number of sulfonamides is 1. The van der Waals surface area contributed by atoms with Crippen LogP contribution in [-0.4, -0.2) is 33.7 Å². The van der Waals surface area contributed by atoms with E-state index in [1.54, 1.807) is 14.0 Å². The average molecular weight is 437 g/mol. The Balaban J connectivity index is 2.37. The van der Waals surface area contributed by atoms with Crippen molar-refractivity contribution in [3.05, 3.63) is 59.4 Å². The van der Waals surface area contributed by atoms with Crippen LogP contribution in [0.2, 0.25) is 0 Å². The molecule has 0 aromatic heterocycles. The van der Waals surface area contributed by atoms with Gasteiger partial charge in [-0.15, -0.1) is 0 Å². The summed E-state index contributed by atoms with van der Waals surface area (Å²) in [5.41, 5.74) is 1.67. The van der Waals surface area contributed by atoms with Gasteiger partial charge in [-0.3, -0.25) is 9.10 Å². The first-order chi connectivity index (χ1) is 14.1. The molecule has 0 spiro atoms. The van der Waals surface area contributed by atoms with E-state index in [9.17, 15) is 17.6 Å². The van der Waals surface area contributed by atoms with E-state index in [0.717, 1.165) is 27.4 Å². The molecule has 8 heteroatoms. The average Bonchev–Trinajstić information content (AvgIpc) is 2.69. The van der Waals surface area contributed by atoms with Crippen molar-refractivity contribution < 1.29 is 22.3 Å². The summed E-state index contributed by atoms with van der Waals surface area (Å²) >= 11 is 0. The Morgan fingerprint density at radius 2 is 1.83 bits per heavy atom. The molecule has 2 aromatic rings. The lowest BCUT2D eigenvalue weighted by molar-refractivity contribution is -0.123. The highest BCUT2D eigenvalue weighted by molar-refractivity contribution is 7.92. The number of methoxy groups -OCH3 is 1. The van der Waals surface area contributed by atoms with E-state index in [4.69, 9.17) is 4.74 Å². The summed E-state index contributed by atoms with van der Waals surface area (Å²) in [6.45, 7) is 5.54. The van der Waals surface area contributed by atoms with Gasteiger partial charge in [-0.25, -0.2) is 12.8 Å². The maximum atomic E-state index is 14.4. The second-order valence-corrected chi connectivity index (χ2v) is 8.99. The van der Waals surface area contributed by atoms with Crippen molar-refractivity contribution in [2.24, 2.45) is 0 Å². The summed E-state index contributed by atoms with van der Waals surface area (Å²) in [4.78, 5) is 13.1. The van der Waals surface area contributed by atoms with Gasteiger partial charge in [0, 0.05) is 0 Å². The van der Waals surface area contributed by atoms with Crippen LogP contribution in [0.4, 0.5) is 10.1 Å². The van der Waals surface area contributed by atoms with E-state index < -0.39 is 27.8 Å². The Hall–Kier alpha value is -2.61. The molecule has 0 aliphatic rings. The van der Waals surface area contributed by atoms with Gasteiger partial charge in [0.25, 0.3) is 0 Å². The second kappa shape index (κ2) is 9.93. The zero-order valence-electron chi connectivity index (χ0n) is 18.0. The number of aryl methyl sites for hydroxylation is 1. The van der Waals surface area contributed by atoms with E-state index in [-0.39, 0.29) is 18.2 Å². The molecule has 0 heterocycles. The molecule has 30 heavy (non-hydrogen) atoms. The predicted octanol–water partition coefficient (Wildman–Crippen LogP) is 3.95. The van der Waals surface area contributed by atoms with Gasteiger partial charge in [-0.2, -0.15) is 0 Å². The molecule has 0 bridgehead atoms. The lowest BCUT2D eigenvalue weighted by Gasteiger charge is -2.31. The molecule has 1 N–H and O–H groups in total. The fourth-order valence-electron chi connectivity index (χ4n) is 3.47. The van der Waals surface area contributed by atoms with Crippen LogP contribution in [0.5, 0.6) is 5.75 Å². The summed E-state index contributed by atoms with van der Waals surface area (Å²) in [7, 11) is -2.31. The molecular weight excluding hydrogens is 407 g/mol. The number of ether oxygens (including phenoxy) is 1. The van der Waals surface area contributed by atoms with Crippen LogP contribution in [0.25, 0.3) is 0 Å². The number of carbonyl (C=O) groups excluding carboxylic acids is 1. The first-order valence-corrected chi connectivity index (χ1v) is 11.7. The Kier molecular flexibility index (Phi) is 7.83. The van der Waals surface area contributed by atoms with Gasteiger partial charge in [0.05, 0.1) is 25.1 Å². The van der Waals surface area contributed by atoms with Gasteiger partial charge < -0.3 is 10.1 Å². The molecule has 0 saturated carbocycles. The minimum absolute atomic E-state index is 0.143. The minimum atomic E-state index is -3.90. The lowest BCUT2D eigenvalue weighted by atomic mass is 10.0. The number of nitrogens with one attached hydrogen (secondary N) is 1. The zero-order chi connectivity index (χ0) is 22.5. The third-order valence-corrected chi connectivity index (χ3v) is 6.13. The van der Waals surface area contributed by atoms with E-state index >= 15 is 0 Å². The summed E-state index contributed by atoms with van der Waals surface area (Å²) < 4.78 is 45.5. The third-order valence-electron chi connectivity index (χ3n) is 4.97. The normalized spacial score (nSPS) is 13.4.